The third kappa shape index (κ3) is 15.1. The van der Waals surface area contributed by atoms with E-state index in [2.05, 4.69) is 125 Å². The van der Waals surface area contributed by atoms with E-state index in [-0.39, 0.29) is 18.6 Å². The SMILES string of the molecule is CC/C=C\C/C=C\C/C=C\C/C=C\C/C=C\CCCCCC(=O)OCN1C(=O)CCc2ccc(OCCCCN3CCN(c4cccc5ccccc45)CC3)nc21. The Kier molecular flexibility index (Phi) is 19.2. The van der Waals surface area contributed by atoms with Gasteiger partial charge in [-0.05, 0) is 100 Å². The first-order valence-electron chi connectivity index (χ1n) is 21.4. The van der Waals surface area contributed by atoms with Crippen LogP contribution in [0, 0.1) is 0 Å². The lowest BCUT2D eigenvalue weighted by atomic mass is 10.1. The molecule has 2 aliphatic heterocycles. The number of allylic oxidation sites excluding steroid dienone is 10. The number of benzene rings is 2. The van der Waals surface area contributed by atoms with Gasteiger partial charge in [0.1, 0.15) is 5.82 Å². The molecule has 1 saturated heterocycles. The predicted octanol–water partition coefficient (Wildman–Crippen LogP) is 10.7. The van der Waals surface area contributed by atoms with Gasteiger partial charge in [-0.15, -0.1) is 0 Å². The summed E-state index contributed by atoms with van der Waals surface area (Å²) in [6, 6.07) is 19.1. The lowest BCUT2D eigenvalue weighted by molar-refractivity contribution is -0.144. The highest BCUT2D eigenvalue weighted by molar-refractivity contribution is 5.95. The summed E-state index contributed by atoms with van der Waals surface area (Å²) in [5.74, 6) is 0.665. The summed E-state index contributed by atoms with van der Waals surface area (Å²) in [6.45, 7) is 7.80. The number of anilines is 2. The number of aromatic nitrogens is 1. The fourth-order valence-corrected chi connectivity index (χ4v) is 7.19. The minimum atomic E-state index is -0.285. The summed E-state index contributed by atoms with van der Waals surface area (Å²) in [5.41, 5.74) is 2.30. The number of carbonyl (C=O) groups excluding carboxylic acids is 2. The van der Waals surface area contributed by atoms with Crippen LogP contribution < -0.4 is 14.5 Å². The van der Waals surface area contributed by atoms with Gasteiger partial charge in [-0.3, -0.25) is 19.4 Å². The van der Waals surface area contributed by atoms with Gasteiger partial charge < -0.3 is 14.4 Å². The van der Waals surface area contributed by atoms with E-state index in [4.69, 9.17) is 9.47 Å². The zero-order valence-corrected chi connectivity index (χ0v) is 34.2. The molecule has 8 nitrogen and oxygen atoms in total. The summed E-state index contributed by atoms with van der Waals surface area (Å²) < 4.78 is 11.6. The maximum Gasteiger partial charge on any atom is 0.307 e. The van der Waals surface area contributed by atoms with Crippen molar-refractivity contribution in [3.63, 3.8) is 0 Å². The molecule has 3 heterocycles. The van der Waals surface area contributed by atoms with E-state index in [0.717, 1.165) is 109 Å². The summed E-state index contributed by atoms with van der Waals surface area (Å²) in [6.07, 6.45) is 34.2. The second-order valence-electron chi connectivity index (χ2n) is 14.8. The topological polar surface area (TPSA) is 75.2 Å². The number of unbranched alkanes of at least 4 members (excludes halogenated alkanes) is 4. The van der Waals surface area contributed by atoms with Crippen LogP contribution in [0.25, 0.3) is 10.8 Å². The molecule has 0 radical (unpaired) electrons. The largest absolute Gasteiger partial charge is 0.478 e. The van der Waals surface area contributed by atoms with Gasteiger partial charge in [0.2, 0.25) is 11.8 Å². The third-order valence-corrected chi connectivity index (χ3v) is 10.5. The van der Waals surface area contributed by atoms with Crippen LogP contribution in [0.5, 0.6) is 5.88 Å². The van der Waals surface area contributed by atoms with Crippen LogP contribution in [-0.2, 0) is 20.7 Å². The van der Waals surface area contributed by atoms with Crippen molar-refractivity contribution in [2.75, 3.05) is 55.9 Å². The maximum atomic E-state index is 12.9. The minimum Gasteiger partial charge on any atom is -0.478 e. The number of piperazine rings is 1. The van der Waals surface area contributed by atoms with Crippen LogP contribution in [0.1, 0.15) is 96.0 Å². The molecule has 0 aliphatic carbocycles. The maximum absolute atomic E-state index is 12.9. The van der Waals surface area contributed by atoms with E-state index in [1.165, 1.54) is 21.4 Å². The average Bonchev–Trinajstić information content (AvgIpc) is 3.24. The van der Waals surface area contributed by atoms with Gasteiger partial charge in [0, 0.05) is 56.2 Å². The molecule has 0 atom stereocenters. The van der Waals surface area contributed by atoms with Crippen LogP contribution in [0.15, 0.2) is 115 Å². The molecule has 57 heavy (non-hydrogen) atoms. The Balaban J connectivity index is 0.907. The molecule has 304 valence electrons. The molecular weight excluding hydrogens is 709 g/mol. The number of carbonyl (C=O) groups is 2. The highest BCUT2D eigenvalue weighted by Gasteiger charge is 2.27. The molecule has 0 unspecified atom stereocenters. The molecule has 8 heteroatoms. The molecule has 0 N–H and O–H groups in total. The van der Waals surface area contributed by atoms with E-state index in [1.807, 2.05) is 12.1 Å². The fraction of sp³-hybridized carbons (Fsp3) is 0.449. The Morgan fingerprint density at radius 2 is 1.42 bits per heavy atom. The second kappa shape index (κ2) is 25.3. The first kappa shape index (κ1) is 43.2. The summed E-state index contributed by atoms with van der Waals surface area (Å²) >= 11 is 0. The van der Waals surface area contributed by atoms with Crippen molar-refractivity contribution in [2.45, 2.75) is 96.8 Å². The van der Waals surface area contributed by atoms with Gasteiger partial charge >= 0.3 is 5.97 Å². The summed E-state index contributed by atoms with van der Waals surface area (Å²) in [7, 11) is 0. The number of ether oxygens (including phenoxy) is 2. The minimum absolute atomic E-state index is 0.0856. The monoisotopic (exact) mass is 772 g/mol. The summed E-state index contributed by atoms with van der Waals surface area (Å²) in [5, 5.41) is 2.61. The van der Waals surface area contributed by atoms with E-state index in [1.54, 1.807) is 0 Å². The smallest absolute Gasteiger partial charge is 0.307 e. The zero-order chi connectivity index (χ0) is 39.8. The fourth-order valence-electron chi connectivity index (χ4n) is 7.19. The van der Waals surface area contributed by atoms with Crippen molar-refractivity contribution >= 4 is 34.2 Å². The number of pyridine rings is 1. The number of hydrogen-bond acceptors (Lipinski definition) is 7. The van der Waals surface area contributed by atoms with E-state index in [9.17, 15) is 9.59 Å². The van der Waals surface area contributed by atoms with Gasteiger partial charge in [0.25, 0.3) is 0 Å². The predicted molar refractivity (Wildman–Crippen MR) is 236 cm³/mol. The van der Waals surface area contributed by atoms with Crippen molar-refractivity contribution in [2.24, 2.45) is 0 Å². The molecule has 0 saturated carbocycles. The normalized spacial score (nSPS) is 15.4. The Morgan fingerprint density at radius 1 is 0.719 bits per heavy atom. The Labute approximate surface area is 341 Å². The standard InChI is InChI=1S/C49H64N4O4/c1-2-3-4-5-6-7-8-9-10-11-12-13-14-15-16-17-18-19-20-30-48(55)57-41-53-47(54)34-32-43-31-33-46(50-49(43)53)56-40-24-23-35-51-36-38-52(39-37-51)45-29-25-27-42-26-21-22-28-44(42)45/h3-4,6-7,9-10,12-13,15-16,21-22,25-29,31,33H,2,5,8,11,14,17-20,23-24,30,32,34-41H2,1H3/b4-3-,7-6-,10-9-,13-12-,16-15-. The van der Waals surface area contributed by atoms with Crippen molar-refractivity contribution < 1.29 is 19.1 Å². The second-order valence-corrected chi connectivity index (χ2v) is 14.8. The van der Waals surface area contributed by atoms with Gasteiger partial charge in [-0.1, -0.05) is 111 Å². The van der Waals surface area contributed by atoms with Crippen molar-refractivity contribution in [3.05, 3.63) is 121 Å². The van der Waals surface area contributed by atoms with Crippen molar-refractivity contribution in [1.82, 2.24) is 9.88 Å². The number of aryl methyl sites for hydroxylation is 1. The number of fused-ring (bicyclic) bond motifs is 2. The van der Waals surface area contributed by atoms with Crippen molar-refractivity contribution in [1.29, 1.82) is 0 Å². The molecule has 1 aromatic heterocycles. The Morgan fingerprint density at radius 3 is 2.18 bits per heavy atom. The molecule has 5 rings (SSSR count). The number of rotatable bonds is 24. The average molecular weight is 773 g/mol. The van der Waals surface area contributed by atoms with E-state index >= 15 is 0 Å². The van der Waals surface area contributed by atoms with Crippen molar-refractivity contribution in [3.8, 4) is 5.88 Å². The van der Waals surface area contributed by atoms with Crippen LogP contribution in [0.2, 0.25) is 0 Å². The van der Waals surface area contributed by atoms with Crippen LogP contribution >= 0.6 is 0 Å². The molecule has 1 amide bonds. The Hall–Kier alpha value is -4.95. The number of esters is 1. The third-order valence-electron chi connectivity index (χ3n) is 10.5. The quantitative estimate of drug-likeness (QED) is 0.0510. The Bertz CT molecular complexity index is 1820. The lowest BCUT2D eigenvalue weighted by Gasteiger charge is -2.36. The zero-order valence-electron chi connectivity index (χ0n) is 34.2. The van der Waals surface area contributed by atoms with Gasteiger partial charge in [-0.2, -0.15) is 4.98 Å². The highest BCUT2D eigenvalue weighted by Crippen LogP contribution is 2.29. The lowest BCUT2D eigenvalue weighted by Crippen LogP contribution is -2.46. The molecule has 1 fully saturated rings. The van der Waals surface area contributed by atoms with E-state index in [0.29, 0.717) is 37.6 Å². The highest BCUT2D eigenvalue weighted by atomic mass is 16.5. The van der Waals surface area contributed by atoms with Crippen LogP contribution in [0.4, 0.5) is 11.5 Å². The van der Waals surface area contributed by atoms with Crippen LogP contribution in [-0.4, -0.2) is 67.8 Å². The number of nitrogens with zero attached hydrogens (tertiary/aromatic N) is 4. The first-order chi connectivity index (χ1) is 28.1. The van der Waals surface area contributed by atoms with E-state index < -0.39 is 0 Å². The molecular formula is C49H64N4O4. The molecule has 2 aliphatic rings. The molecule has 0 spiro atoms. The summed E-state index contributed by atoms with van der Waals surface area (Å²) in [4.78, 5) is 36.6. The molecule has 0 bridgehead atoms. The molecule has 3 aromatic rings. The number of hydrogen-bond donors (Lipinski definition) is 0. The van der Waals surface area contributed by atoms with Gasteiger partial charge in [0.15, 0.2) is 6.73 Å². The van der Waals surface area contributed by atoms with Crippen LogP contribution in [0.3, 0.4) is 0 Å². The first-order valence-corrected chi connectivity index (χ1v) is 21.4. The molecule has 2 aromatic carbocycles. The van der Waals surface area contributed by atoms with Gasteiger partial charge in [-0.25, -0.2) is 0 Å². The van der Waals surface area contributed by atoms with Gasteiger partial charge in [0.05, 0.1) is 6.61 Å². The number of amides is 1.